The van der Waals surface area contributed by atoms with E-state index < -0.39 is 0 Å². The number of hydrogen-bond acceptors (Lipinski definition) is 5. The van der Waals surface area contributed by atoms with Gasteiger partial charge in [0.05, 0.1) is 12.2 Å². The van der Waals surface area contributed by atoms with Crippen molar-refractivity contribution in [3.8, 4) is 0 Å². The molecule has 5 heteroatoms. The Labute approximate surface area is 148 Å². The van der Waals surface area contributed by atoms with Gasteiger partial charge in [0, 0.05) is 18.1 Å². The van der Waals surface area contributed by atoms with Gasteiger partial charge < -0.3 is 10.6 Å². The van der Waals surface area contributed by atoms with E-state index in [4.69, 9.17) is 0 Å². The summed E-state index contributed by atoms with van der Waals surface area (Å²) in [4.78, 5) is 13.1. The van der Waals surface area contributed by atoms with Crippen LogP contribution in [0.1, 0.15) is 36.6 Å². The van der Waals surface area contributed by atoms with Crippen LogP contribution in [0.5, 0.6) is 0 Å². The number of benzene rings is 1. The van der Waals surface area contributed by atoms with E-state index in [1.165, 1.54) is 11.1 Å². The molecule has 3 aromatic rings. The van der Waals surface area contributed by atoms with Gasteiger partial charge in [0.25, 0.3) is 0 Å². The zero-order valence-corrected chi connectivity index (χ0v) is 14.8. The number of pyridine rings is 1. The number of aromatic nitrogens is 3. The molecule has 2 aromatic heterocycles. The van der Waals surface area contributed by atoms with E-state index >= 15 is 0 Å². The van der Waals surface area contributed by atoms with Crippen molar-refractivity contribution in [2.45, 2.75) is 33.2 Å². The van der Waals surface area contributed by atoms with E-state index in [-0.39, 0.29) is 0 Å². The molecule has 0 bridgehead atoms. The molecule has 0 spiro atoms. The van der Waals surface area contributed by atoms with E-state index in [1.54, 1.807) is 12.4 Å². The lowest BCUT2D eigenvalue weighted by molar-refractivity contribution is 0.867. The summed E-state index contributed by atoms with van der Waals surface area (Å²) in [7, 11) is 0. The van der Waals surface area contributed by atoms with Gasteiger partial charge in [-0.2, -0.15) is 4.98 Å². The molecule has 0 aliphatic carbocycles. The fraction of sp³-hybridized carbons (Fsp3) is 0.250. The first kappa shape index (κ1) is 16.9. The molecule has 0 saturated carbocycles. The van der Waals surface area contributed by atoms with Crippen LogP contribution in [0.25, 0.3) is 0 Å². The Hall–Kier alpha value is -2.95. The van der Waals surface area contributed by atoms with Crippen LogP contribution in [0.2, 0.25) is 0 Å². The topological polar surface area (TPSA) is 62.7 Å². The Bertz CT molecular complexity index is 830. The minimum absolute atomic E-state index is 0.436. The largest absolute Gasteiger partial charge is 0.349 e. The molecule has 0 saturated heterocycles. The Kier molecular flexibility index (Phi) is 5.23. The van der Waals surface area contributed by atoms with Gasteiger partial charge in [-0.1, -0.05) is 38.1 Å². The van der Waals surface area contributed by atoms with Crippen LogP contribution in [0.3, 0.4) is 0 Å². The highest BCUT2D eigenvalue weighted by Gasteiger charge is 2.10. The van der Waals surface area contributed by atoms with Gasteiger partial charge in [0.15, 0.2) is 0 Å². The van der Waals surface area contributed by atoms with Crippen molar-refractivity contribution in [2.75, 3.05) is 10.6 Å². The third kappa shape index (κ3) is 4.32. The van der Waals surface area contributed by atoms with Crippen molar-refractivity contribution < 1.29 is 0 Å². The van der Waals surface area contributed by atoms with Crippen molar-refractivity contribution in [1.29, 1.82) is 0 Å². The molecule has 0 fully saturated rings. The van der Waals surface area contributed by atoms with Crippen LogP contribution in [0, 0.1) is 6.92 Å². The van der Waals surface area contributed by atoms with E-state index in [2.05, 4.69) is 64.6 Å². The maximum absolute atomic E-state index is 4.56. The van der Waals surface area contributed by atoms with Crippen LogP contribution >= 0.6 is 0 Å². The molecule has 0 aliphatic heterocycles. The number of para-hydroxylation sites is 1. The molecule has 2 N–H and O–H groups in total. The van der Waals surface area contributed by atoms with E-state index in [9.17, 15) is 0 Å². The quantitative estimate of drug-likeness (QED) is 0.687. The molecule has 1 aromatic carbocycles. The third-order valence-corrected chi connectivity index (χ3v) is 3.99. The summed E-state index contributed by atoms with van der Waals surface area (Å²) in [6.45, 7) is 7.08. The molecule has 0 atom stereocenters. The van der Waals surface area contributed by atoms with E-state index in [0.717, 1.165) is 17.2 Å². The number of rotatable bonds is 6. The number of nitrogens with zero attached hydrogens (tertiary/aromatic N) is 3. The van der Waals surface area contributed by atoms with E-state index in [1.807, 2.05) is 24.3 Å². The number of anilines is 3. The first-order chi connectivity index (χ1) is 12.1. The Balaban J connectivity index is 1.76. The number of aryl methyl sites for hydroxylation is 1. The standard InChI is InChI=1S/C20H23N5/c1-14(2)17-9-6-7-15(3)19(17)24-18-10-12-22-20(25-18)23-13-16-8-4-5-11-21-16/h4-12,14H,13H2,1-3H3,(H2,22,23,24,25). The lowest BCUT2D eigenvalue weighted by Gasteiger charge is -2.17. The SMILES string of the molecule is Cc1cccc(C(C)C)c1Nc1ccnc(NCc2ccccn2)n1. The summed E-state index contributed by atoms with van der Waals surface area (Å²) in [5.41, 5.74) is 4.55. The highest BCUT2D eigenvalue weighted by molar-refractivity contribution is 5.65. The number of hydrogen-bond donors (Lipinski definition) is 2. The van der Waals surface area contributed by atoms with Gasteiger partial charge >= 0.3 is 0 Å². The highest BCUT2D eigenvalue weighted by Crippen LogP contribution is 2.29. The molecule has 0 amide bonds. The average Bonchev–Trinajstić information content (AvgIpc) is 2.63. The normalized spacial score (nSPS) is 10.7. The van der Waals surface area contributed by atoms with Crippen molar-refractivity contribution in [3.63, 3.8) is 0 Å². The minimum atomic E-state index is 0.436. The molecule has 128 valence electrons. The minimum Gasteiger partial charge on any atom is -0.349 e. The van der Waals surface area contributed by atoms with Crippen molar-refractivity contribution in [1.82, 2.24) is 15.0 Å². The summed E-state index contributed by atoms with van der Waals surface area (Å²) in [6.07, 6.45) is 3.53. The highest BCUT2D eigenvalue weighted by atomic mass is 15.1. The van der Waals surface area contributed by atoms with Crippen LogP contribution in [0.4, 0.5) is 17.5 Å². The monoisotopic (exact) mass is 333 g/mol. The summed E-state index contributed by atoms with van der Waals surface area (Å²) >= 11 is 0. The summed E-state index contributed by atoms with van der Waals surface area (Å²) in [5.74, 6) is 1.79. The van der Waals surface area contributed by atoms with E-state index in [0.29, 0.717) is 18.4 Å². The van der Waals surface area contributed by atoms with Gasteiger partial charge in [-0.05, 0) is 42.2 Å². The first-order valence-corrected chi connectivity index (χ1v) is 8.47. The molecule has 0 aliphatic rings. The second kappa shape index (κ2) is 7.75. The lowest BCUT2D eigenvalue weighted by atomic mass is 9.98. The molecule has 2 heterocycles. The molecule has 5 nitrogen and oxygen atoms in total. The number of nitrogens with one attached hydrogen (secondary N) is 2. The van der Waals surface area contributed by atoms with Crippen molar-refractivity contribution in [2.24, 2.45) is 0 Å². The summed E-state index contributed by atoms with van der Waals surface area (Å²) in [5, 5.41) is 6.67. The van der Waals surface area contributed by atoms with Gasteiger partial charge in [0.1, 0.15) is 5.82 Å². The summed E-state index contributed by atoms with van der Waals surface area (Å²) in [6, 6.07) is 14.1. The molecular formula is C20H23N5. The fourth-order valence-electron chi connectivity index (χ4n) is 2.66. The second-order valence-electron chi connectivity index (χ2n) is 6.26. The van der Waals surface area contributed by atoms with Gasteiger partial charge in [-0.3, -0.25) is 4.98 Å². The van der Waals surface area contributed by atoms with Crippen molar-refractivity contribution in [3.05, 3.63) is 71.7 Å². The van der Waals surface area contributed by atoms with Gasteiger partial charge in [0.2, 0.25) is 5.95 Å². The van der Waals surface area contributed by atoms with Crippen LogP contribution in [0.15, 0.2) is 54.9 Å². The molecule has 0 radical (unpaired) electrons. The Morgan fingerprint density at radius 2 is 1.84 bits per heavy atom. The maximum atomic E-state index is 4.56. The maximum Gasteiger partial charge on any atom is 0.224 e. The average molecular weight is 333 g/mol. The summed E-state index contributed by atoms with van der Waals surface area (Å²) < 4.78 is 0. The van der Waals surface area contributed by atoms with Crippen LogP contribution in [-0.4, -0.2) is 15.0 Å². The molecule has 0 unspecified atom stereocenters. The lowest BCUT2D eigenvalue weighted by Crippen LogP contribution is -2.07. The Morgan fingerprint density at radius 3 is 2.60 bits per heavy atom. The van der Waals surface area contributed by atoms with Crippen LogP contribution < -0.4 is 10.6 Å². The molecule has 25 heavy (non-hydrogen) atoms. The molecule has 3 rings (SSSR count). The first-order valence-electron chi connectivity index (χ1n) is 8.47. The Morgan fingerprint density at radius 1 is 0.960 bits per heavy atom. The van der Waals surface area contributed by atoms with Gasteiger partial charge in [-0.15, -0.1) is 0 Å². The zero-order chi connectivity index (χ0) is 17.6. The van der Waals surface area contributed by atoms with Crippen LogP contribution in [-0.2, 0) is 6.54 Å². The predicted octanol–water partition coefficient (Wildman–Crippen LogP) is 4.66. The second-order valence-corrected chi connectivity index (χ2v) is 6.26. The fourth-order valence-corrected chi connectivity index (χ4v) is 2.66. The van der Waals surface area contributed by atoms with Crippen molar-refractivity contribution >= 4 is 17.5 Å². The molecular weight excluding hydrogens is 310 g/mol. The third-order valence-electron chi connectivity index (χ3n) is 3.99. The van der Waals surface area contributed by atoms with Gasteiger partial charge in [-0.25, -0.2) is 4.98 Å². The zero-order valence-electron chi connectivity index (χ0n) is 14.8. The smallest absolute Gasteiger partial charge is 0.224 e. The predicted molar refractivity (Wildman–Crippen MR) is 102 cm³/mol.